The minimum Gasteiger partial charge on any atom is -0.267 e. The minimum atomic E-state index is -0.411. The summed E-state index contributed by atoms with van der Waals surface area (Å²) in [5.74, 6) is 3.11. The first-order valence-electron chi connectivity index (χ1n) is 7.64. The summed E-state index contributed by atoms with van der Waals surface area (Å²) < 4.78 is 0. The zero-order valence-corrected chi connectivity index (χ0v) is 13.9. The van der Waals surface area contributed by atoms with Gasteiger partial charge in [-0.2, -0.15) is 0 Å². The van der Waals surface area contributed by atoms with Gasteiger partial charge in [-0.05, 0) is 42.3 Å². The molecule has 0 amide bonds. The molecular weight excluding hydrogens is 332 g/mol. The summed E-state index contributed by atoms with van der Waals surface area (Å²) in [5.41, 5.74) is 2.88. The molecule has 0 saturated carbocycles. The Bertz CT molecular complexity index is 974. The molecule has 1 aliphatic heterocycles. The zero-order valence-electron chi connectivity index (χ0n) is 13.0. The van der Waals surface area contributed by atoms with Crippen LogP contribution < -0.4 is 4.90 Å². The van der Waals surface area contributed by atoms with Crippen molar-refractivity contribution in [1.29, 1.82) is 0 Å². The second-order valence-electron chi connectivity index (χ2n) is 5.41. The van der Waals surface area contributed by atoms with Gasteiger partial charge in [-0.1, -0.05) is 36.0 Å². The van der Waals surface area contributed by atoms with Crippen molar-refractivity contribution in [3.8, 4) is 12.0 Å². The highest BCUT2D eigenvalue weighted by Crippen LogP contribution is 2.47. The van der Waals surface area contributed by atoms with Crippen molar-refractivity contribution in [2.45, 2.75) is 9.79 Å². The molecule has 0 saturated heterocycles. The van der Waals surface area contributed by atoms with Crippen molar-refractivity contribution in [2.24, 2.45) is 0 Å². The Morgan fingerprint density at radius 1 is 0.840 bits per heavy atom. The Balaban J connectivity index is 1.75. The SMILES string of the molecule is O=[N+]([O-])c1ccc(C#CN2c3ccccc3Sc3ccccc32)cc1. The number of nitro groups is 1. The molecule has 0 radical (unpaired) electrons. The van der Waals surface area contributed by atoms with Gasteiger partial charge in [0, 0.05) is 33.5 Å². The number of nitro benzene ring substituents is 1. The molecular formula is C20H12N2O2S. The van der Waals surface area contributed by atoms with Gasteiger partial charge in [-0.15, -0.1) is 0 Å². The maximum atomic E-state index is 10.8. The van der Waals surface area contributed by atoms with E-state index >= 15 is 0 Å². The molecule has 4 rings (SSSR count). The van der Waals surface area contributed by atoms with Crippen LogP contribution in [0.3, 0.4) is 0 Å². The average molecular weight is 344 g/mol. The van der Waals surface area contributed by atoms with Crippen LogP contribution in [0.15, 0.2) is 82.6 Å². The van der Waals surface area contributed by atoms with Gasteiger partial charge in [0.05, 0.1) is 16.3 Å². The van der Waals surface area contributed by atoms with Crippen LogP contribution in [0.5, 0.6) is 0 Å². The third kappa shape index (κ3) is 2.95. The van der Waals surface area contributed by atoms with Crippen molar-refractivity contribution in [2.75, 3.05) is 4.90 Å². The third-order valence-corrected chi connectivity index (χ3v) is 4.95. The lowest BCUT2D eigenvalue weighted by atomic mass is 10.2. The van der Waals surface area contributed by atoms with Crippen LogP contribution in [-0.4, -0.2) is 4.92 Å². The lowest BCUT2D eigenvalue weighted by Crippen LogP contribution is -2.14. The van der Waals surface area contributed by atoms with E-state index in [1.165, 1.54) is 12.1 Å². The molecule has 1 aliphatic rings. The van der Waals surface area contributed by atoms with Gasteiger partial charge >= 0.3 is 0 Å². The van der Waals surface area contributed by atoms with Crippen LogP contribution in [0, 0.1) is 22.1 Å². The number of hydrogen-bond acceptors (Lipinski definition) is 4. The van der Waals surface area contributed by atoms with Gasteiger partial charge in [0.25, 0.3) is 5.69 Å². The quantitative estimate of drug-likeness (QED) is 0.345. The fourth-order valence-electron chi connectivity index (χ4n) is 2.61. The first-order valence-corrected chi connectivity index (χ1v) is 8.46. The highest BCUT2D eigenvalue weighted by Gasteiger charge is 2.21. The topological polar surface area (TPSA) is 46.4 Å². The number of hydrogen-bond donors (Lipinski definition) is 0. The monoisotopic (exact) mass is 344 g/mol. The molecule has 0 atom stereocenters. The number of fused-ring (bicyclic) bond motifs is 2. The number of rotatable bonds is 1. The van der Waals surface area contributed by atoms with Crippen LogP contribution in [0.4, 0.5) is 17.1 Å². The van der Waals surface area contributed by atoms with Crippen molar-refractivity contribution >= 4 is 28.8 Å². The van der Waals surface area contributed by atoms with E-state index in [2.05, 4.69) is 24.1 Å². The van der Waals surface area contributed by atoms with Crippen molar-refractivity contribution in [1.82, 2.24) is 0 Å². The van der Waals surface area contributed by atoms with Gasteiger partial charge < -0.3 is 0 Å². The van der Waals surface area contributed by atoms with E-state index in [4.69, 9.17) is 0 Å². The van der Waals surface area contributed by atoms with Crippen LogP contribution in [0.2, 0.25) is 0 Å². The Hall–Kier alpha value is -3.23. The van der Waals surface area contributed by atoms with E-state index in [1.807, 2.05) is 41.3 Å². The van der Waals surface area contributed by atoms with Gasteiger partial charge in [-0.25, -0.2) is 0 Å². The van der Waals surface area contributed by atoms with Crippen LogP contribution >= 0.6 is 11.8 Å². The van der Waals surface area contributed by atoms with E-state index in [-0.39, 0.29) is 5.69 Å². The second-order valence-corrected chi connectivity index (χ2v) is 6.50. The minimum absolute atomic E-state index is 0.0654. The smallest absolute Gasteiger partial charge is 0.267 e. The van der Waals surface area contributed by atoms with Crippen molar-refractivity contribution < 1.29 is 4.92 Å². The maximum Gasteiger partial charge on any atom is 0.269 e. The summed E-state index contributed by atoms with van der Waals surface area (Å²) in [6.45, 7) is 0. The van der Waals surface area contributed by atoms with Gasteiger partial charge in [0.2, 0.25) is 0 Å². The molecule has 0 unspecified atom stereocenters. The number of benzene rings is 3. The third-order valence-electron chi connectivity index (χ3n) is 3.82. The van der Waals surface area contributed by atoms with Crippen LogP contribution in [0.1, 0.15) is 5.56 Å². The lowest BCUT2D eigenvalue weighted by molar-refractivity contribution is -0.384. The van der Waals surface area contributed by atoms with E-state index in [0.29, 0.717) is 0 Å². The molecule has 25 heavy (non-hydrogen) atoms. The molecule has 3 aromatic rings. The number of para-hydroxylation sites is 2. The van der Waals surface area contributed by atoms with Crippen LogP contribution in [0.25, 0.3) is 0 Å². The summed E-state index contributed by atoms with van der Waals surface area (Å²) in [7, 11) is 0. The molecule has 0 aliphatic carbocycles. The van der Waals surface area contributed by atoms with E-state index < -0.39 is 4.92 Å². The van der Waals surface area contributed by atoms with E-state index in [9.17, 15) is 10.1 Å². The predicted molar refractivity (Wildman–Crippen MR) is 99.1 cm³/mol. The first kappa shape index (κ1) is 15.3. The summed E-state index contributed by atoms with van der Waals surface area (Å²) in [6, 6.07) is 25.7. The molecule has 0 N–H and O–H groups in total. The Morgan fingerprint density at radius 3 is 1.96 bits per heavy atom. The number of non-ortho nitro benzene ring substituents is 1. The molecule has 1 heterocycles. The molecule has 0 bridgehead atoms. The Labute approximate surface area is 149 Å². The predicted octanol–water partition coefficient (Wildman–Crippen LogP) is 5.21. The van der Waals surface area contributed by atoms with Gasteiger partial charge in [0.1, 0.15) is 0 Å². The van der Waals surface area contributed by atoms with Crippen LogP contribution in [-0.2, 0) is 0 Å². The molecule has 120 valence electrons. The van der Waals surface area contributed by atoms with Gasteiger partial charge in [-0.3, -0.25) is 15.0 Å². The fourth-order valence-corrected chi connectivity index (χ4v) is 3.67. The first-order chi connectivity index (χ1) is 12.2. The molecule has 0 spiro atoms. The van der Waals surface area contributed by atoms with E-state index in [1.54, 1.807) is 23.9 Å². The maximum absolute atomic E-state index is 10.8. The summed E-state index contributed by atoms with van der Waals surface area (Å²) in [5, 5.41) is 10.8. The van der Waals surface area contributed by atoms with Crippen molar-refractivity contribution in [3.05, 3.63) is 88.5 Å². The van der Waals surface area contributed by atoms with Gasteiger partial charge in [0.15, 0.2) is 0 Å². The molecule has 3 aromatic carbocycles. The van der Waals surface area contributed by atoms with Crippen molar-refractivity contribution in [3.63, 3.8) is 0 Å². The zero-order chi connectivity index (χ0) is 17.2. The summed E-state index contributed by atoms with van der Waals surface area (Å²) in [4.78, 5) is 14.6. The molecule has 5 heteroatoms. The molecule has 4 nitrogen and oxygen atoms in total. The average Bonchev–Trinajstić information content (AvgIpc) is 2.65. The second kappa shape index (κ2) is 6.34. The lowest BCUT2D eigenvalue weighted by Gasteiger charge is -2.27. The summed E-state index contributed by atoms with van der Waals surface area (Å²) in [6.07, 6.45) is 0. The highest BCUT2D eigenvalue weighted by molar-refractivity contribution is 7.99. The highest BCUT2D eigenvalue weighted by atomic mass is 32.2. The Kier molecular flexibility index (Phi) is 3.88. The summed E-state index contributed by atoms with van der Waals surface area (Å²) >= 11 is 1.73. The number of nitrogens with zero attached hydrogens (tertiary/aromatic N) is 2. The fraction of sp³-hybridized carbons (Fsp3) is 0. The standard InChI is InChI=1S/C20H12N2O2S/c23-22(24)16-11-9-15(10-12-16)13-14-21-17-5-1-3-7-19(17)25-20-8-4-2-6-18(20)21/h1-12H. The largest absolute Gasteiger partial charge is 0.269 e. The molecule has 0 aromatic heterocycles. The number of anilines is 2. The Morgan fingerprint density at radius 2 is 1.40 bits per heavy atom. The van der Waals surface area contributed by atoms with E-state index in [0.717, 1.165) is 26.7 Å². The normalized spacial score (nSPS) is 11.8. The molecule has 0 fully saturated rings.